The first-order valence-corrected chi connectivity index (χ1v) is 2.02. The molecule has 0 atom stereocenters. The molecule has 0 rings (SSSR count). The highest BCUT2D eigenvalue weighted by atomic mass is 16.5. The van der Waals surface area contributed by atoms with E-state index in [1.807, 2.05) is 6.92 Å². The van der Waals surface area contributed by atoms with Gasteiger partial charge in [0.05, 0.1) is 6.26 Å². The average molecular weight is 96.1 g/mol. The first-order valence-electron chi connectivity index (χ1n) is 2.02. The fraction of sp³-hybridized carbons (Fsp3) is 0.167. The van der Waals surface area contributed by atoms with E-state index in [-0.39, 0.29) is 0 Å². The van der Waals surface area contributed by atoms with Gasteiger partial charge in [0.2, 0.25) is 0 Å². The van der Waals surface area contributed by atoms with Crippen LogP contribution < -0.4 is 0 Å². The third-order valence-electron chi connectivity index (χ3n) is 0.366. The van der Waals surface area contributed by atoms with Crippen LogP contribution in [0.1, 0.15) is 6.92 Å². The second kappa shape index (κ2) is 5.06. The first kappa shape index (κ1) is 6.06. The SMILES string of the molecule is C=C=COC=CC. The van der Waals surface area contributed by atoms with Gasteiger partial charge in [0.1, 0.15) is 6.26 Å². The zero-order valence-electron chi connectivity index (χ0n) is 4.35. The maximum Gasteiger partial charge on any atom is 0.132 e. The van der Waals surface area contributed by atoms with Gasteiger partial charge in [-0.3, -0.25) is 0 Å². The maximum atomic E-state index is 4.65. The summed E-state index contributed by atoms with van der Waals surface area (Å²) in [6.07, 6.45) is 4.73. The van der Waals surface area contributed by atoms with Crippen molar-refractivity contribution in [3.05, 3.63) is 30.9 Å². The van der Waals surface area contributed by atoms with Crippen molar-refractivity contribution in [1.82, 2.24) is 0 Å². The maximum absolute atomic E-state index is 4.65. The van der Waals surface area contributed by atoms with Crippen LogP contribution in [0.4, 0.5) is 0 Å². The average Bonchev–Trinajstić information content (AvgIpc) is 1.69. The summed E-state index contributed by atoms with van der Waals surface area (Å²) < 4.78 is 4.65. The predicted octanol–water partition coefficient (Wildman–Crippen LogP) is 1.84. The van der Waals surface area contributed by atoms with Gasteiger partial charge in [0.25, 0.3) is 0 Å². The van der Waals surface area contributed by atoms with Gasteiger partial charge >= 0.3 is 0 Å². The highest BCUT2D eigenvalue weighted by molar-refractivity contribution is 4.72. The Balaban J connectivity index is 3.15. The monoisotopic (exact) mass is 96.1 g/mol. The Morgan fingerprint density at radius 3 is 2.86 bits per heavy atom. The van der Waals surface area contributed by atoms with Crippen LogP contribution in [-0.2, 0) is 4.74 Å². The summed E-state index contributed by atoms with van der Waals surface area (Å²) in [5, 5.41) is 0. The Labute approximate surface area is 43.6 Å². The largest absolute Gasteiger partial charge is 0.465 e. The minimum atomic E-state index is 1.39. The van der Waals surface area contributed by atoms with Crippen molar-refractivity contribution in [1.29, 1.82) is 0 Å². The molecule has 0 aliphatic rings. The number of allylic oxidation sites excluding steroid dienone is 1. The molecule has 0 aromatic carbocycles. The summed E-state index contributed by atoms with van der Waals surface area (Å²) in [7, 11) is 0. The molecular weight excluding hydrogens is 88.1 g/mol. The number of hydrogen-bond acceptors (Lipinski definition) is 1. The molecule has 0 aromatic heterocycles. The van der Waals surface area contributed by atoms with E-state index < -0.39 is 0 Å². The highest BCUT2D eigenvalue weighted by Crippen LogP contribution is 1.74. The second-order valence-corrected chi connectivity index (χ2v) is 0.927. The molecule has 0 bridgehead atoms. The van der Waals surface area contributed by atoms with Gasteiger partial charge < -0.3 is 4.74 Å². The lowest BCUT2D eigenvalue weighted by Crippen LogP contribution is -1.57. The molecular formula is C6H8O. The van der Waals surface area contributed by atoms with Crippen molar-refractivity contribution >= 4 is 0 Å². The van der Waals surface area contributed by atoms with Gasteiger partial charge in [0.15, 0.2) is 0 Å². The van der Waals surface area contributed by atoms with Crippen LogP contribution in [0.15, 0.2) is 30.9 Å². The Kier molecular flexibility index (Phi) is 4.38. The summed E-state index contributed by atoms with van der Waals surface area (Å²) in [4.78, 5) is 0. The summed E-state index contributed by atoms with van der Waals surface area (Å²) in [6.45, 7) is 5.16. The molecule has 0 radical (unpaired) electrons. The third-order valence-corrected chi connectivity index (χ3v) is 0.366. The van der Waals surface area contributed by atoms with Crippen LogP contribution in [0.5, 0.6) is 0 Å². The molecule has 0 saturated carbocycles. The van der Waals surface area contributed by atoms with Crippen LogP contribution in [0, 0.1) is 0 Å². The Morgan fingerprint density at radius 2 is 2.43 bits per heavy atom. The van der Waals surface area contributed by atoms with Gasteiger partial charge in [-0.2, -0.15) is 0 Å². The van der Waals surface area contributed by atoms with Crippen LogP contribution >= 0.6 is 0 Å². The van der Waals surface area contributed by atoms with Gasteiger partial charge in [0, 0.05) is 0 Å². The lowest BCUT2D eigenvalue weighted by atomic mass is 10.7. The van der Waals surface area contributed by atoms with Crippen LogP contribution in [-0.4, -0.2) is 0 Å². The van der Waals surface area contributed by atoms with Crippen molar-refractivity contribution in [3.8, 4) is 0 Å². The van der Waals surface area contributed by atoms with Gasteiger partial charge in [-0.1, -0.05) is 18.4 Å². The Morgan fingerprint density at radius 1 is 1.71 bits per heavy atom. The van der Waals surface area contributed by atoms with Crippen molar-refractivity contribution < 1.29 is 4.74 Å². The zero-order chi connectivity index (χ0) is 5.54. The van der Waals surface area contributed by atoms with Crippen molar-refractivity contribution in [2.45, 2.75) is 6.92 Å². The van der Waals surface area contributed by atoms with E-state index in [0.29, 0.717) is 0 Å². The van der Waals surface area contributed by atoms with E-state index >= 15 is 0 Å². The van der Waals surface area contributed by atoms with Crippen LogP contribution in [0.2, 0.25) is 0 Å². The fourth-order valence-electron chi connectivity index (χ4n) is 0.166. The molecule has 0 fully saturated rings. The van der Waals surface area contributed by atoms with Crippen molar-refractivity contribution in [3.63, 3.8) is 0 Å². The lowest BCUT2D eigenvalue weighted by Gasteiger charge is -1.79. The first-order chi connectivity index (χ1) is 3.41. The van der Waals surface area contributed by atoms with E-state index in [1.165, 1.54) is 6.26 Å². The Hall–Kier alpha value is -0.940. The van der Waals surface area contributed by atoms with E-state index in [1.54, 1.807) is 12.3 Å². The Bertz CT molecular complexity index is 96.7. The van der Waals surface area contributed by atoms with Crippen molar-refractivity contribution in [2.75, 3.05) is 0 Å². The van der Waals surface area contributed by atoms with E-state index in [0.717, 1.165) is 0 Å². The molecule has 0 heterocycles. The molecule has 7 heavy (non-hydrogen) atoms. The second-order valence-electron chi connectivity index (χ2n) is 0.927. The van der Waals surface area contributed by atoms with Gasteiger partial charge in [-0.05, 0) is 6.92 Å². The lowest BCUT2D eigenvalue weighted by molar-refractivity contribution is 0.403. The smallest absolute Gasteiger partial charge is 0.132 e. The summed E-state index contributed by atoms with van der Waals surface area (Å²) in [5.41, 5.74) is 2.45. The number of hydrogen-bond donors (Lipinski definition) is 0. The molecule has 0 aromatic rings. The standard InChI is InChI=1S/C6H8O/c1-3-5-7-6-4-2/h4-6H,1H2,2H3. The molecule has 1 heteroatoms. The molecule has 38 valence electrons. The topological polar surface area (TPSA) is 9.23 Å². The molecule has 0 N–H and O–H groups in total. The van der Waals surface area contributed by atoms with Gasteiger partial charge in [-0.15, -0.1) is 0 Å². The zero-order valence-corrected chi connectivity index (χ0v) is 4.35. The molecule has 1 nitrogen and oxygen atoms in total. The number of ether oxygens (including phenoxy) is 1. The molecule has 0 aliphatic heterocycles. The van der Waals surface area contributed by atoms with Crippen LogP contribution in [0.25, 0.3) is 0 Å². The normalized spacial score (nSPS) is 8.14. The van der Waals surface area contributed by atoms with Gasteiger partial charge in [-0.25, -0.2) is 0 Å². The minimum absolute atomic E-state index is 1.39. The predicted molar refractivity (Wildman–Crippen MR) is 29.6 cm³/mol. The van der Waals surface area contributed by atoms with E-state index in [9.17, 15) is 0 Å². The number of rotatable bonds is 2. The van der Waals surface area contributed by atoms with E-state index in [4.69, 9.17) is 0 Å². The third kappa shape index (κ3) is 5.06. The summed E-state index contributed by atoms with van der Waals surface area (Å²) in [5.74, 6) is 0. The minimum Gasteiger partial charge on any atom is -0.465 e. The summed E-state index contributed by atoms with van der Waals surface area (Å²) in [6, 6.07) is 0. The summed E-state index contributed by atoms with van der Waals surface area (Å²) >= 11 is 0. The quantitative estimate of drug-likeness (QED) is 0.376. The fourth-order valence-corrected chi connectivity index (χ4v) is 0.166. The van der Waals surface area contributed by atoms with E-state index in [2.05, 4.69) is 17.0 Å². The molecule has 0 spiro atoms. The molecule has 0 amide bonds. The molecule has 0 saturated heterocycles. The van der Waals surface area contributed by atoms with Crippen LogP contribution in [0.3, 0.4) is 0 Å². The molecule has 0 aliphatic carbocycles. The highest BCUT2D eigenvalue weighted by Gasteiger charge is 1.55. The van der Waals surface area contributed by atoms with Crippen molar-refractivity contribution in [2.24, 2.45) is 0 Å². The molecule has 0 unspecified atom stereocenters.